The van der Waals surface area contributed by atoms with Crippen LogP contribution >= 0.6 is 19.2 Å². The molecule has 0 saturated carbocycles. The Labute approximate surface area is 137 Å². The van der Waals surface area contributed by atoms with Crippen molar-refractivity contribution < 1.29 is 27.3 Å². The van der Waals surface area contributed by atoms with Crippen molar-refractivity contribution in [1.29, 1.82) is 0 Å². The number of hydrogen-bond donors (Lipinski definition) is 0. The summed E-state index contributed by atoms with van der Waals surface area (Å²) in [4.78, 5) is 9.92. The van der Waals surface area contributed by atoms with E-state index in [4.69, 9.17) is 11.6 Å². The van der Waals surface area contributed by atoms with Crippen LogP contribution in [0.3, 0.4) is 0 Å². The van der Waals surface area contributed by atoms with Gasteiger partial charge in [0.05, 0.1) is 13.2 Å². The number of hydrogen-bond acceptors (Lipinski definition) is 5. The summed E-state index contributed by atoms with van der Waals surface area (Å²) in [6.45, 7) is 1.08. The Morgan fingerprint density at radius 1 is 1.26 bits per heavy atom. The molecular formula is C13H17ClF2NO5P. The van der Waals surface area contributed by atoms with Gasteiger partial charge in [-0.25, -0.2) is 0 Å². The fraction of sp³-hybridized carbons (Fsp3) is 0.538. The van der Waals surface area contributed by atoms with Gasteiger partial charge in [-0.15, -0.1) is 0 Å². The van der Waals surface area contributed by atoms with E-state index in [1.807, 2.05) is 0 Å². The average Bonchev–Trinajstić information content (AvgIpc) is 2.46. The minimum Gasteiger partial charge on any atom is -0.305 e. The molecule has 0 N–H and O–H groups in total. The van der Waals surface area contributed by atoms with Gasteiger partial charge in [0.2, 0.25) is 6.54 Å². The molecule has 0 amide bonds. The fourth-order valence-electron chi connectivity index (χ4n) is 2.00. The Kier molecular flexibility index (Phi) is 7.07. The lowest BCUT2D eigenvalue weighted by atomic mass is 9.99. The van der Waals surface area contributed by atoms with Crippen LogP contribution in [0.1, 0.15) is 25.3 Å². The van der Waals surface area contributed by atoms with Gasteiger partial charge in [-0.05, 0) is 31.5 Å². The molecule has 1 aromatic carbocycles. The van der Waals surface area contributed by atoms with Gasteiger partial charge in [0.1, 0.15) is 5.92 Å². The van der Waals surface area contributed by atoms with Crippen LogP contribution in [0.4, 0.5) is 8.78 Å². The van der Waals surface area contributed by atoms with E-state index < -0.39 is 30.6 Å². The van der Waals surface area contributed by atoms with Crippen LogP contribution in [0, 0.1) is 10.1 Å². The number of benzene rings is 1. The largest absolute Gasteiger partial charge is 0.400 e. The molecule has 0 aliphatic heterocycles. The van der Waals surface area contributed by atoms with E-state index in [9.17, 15) is 23.5 Å². The van der Waals surface area contributed by atoms with Crippen molar-refractivity contribution in [3.05, 3.63) is 45.0 Å². The first-order valence-electron chi connectivity index (χ1n) is 6.82. The molecule has 0 fully saturated rings. The molecule has 0 radical (unpaired) electrons. The Bertz CT molecular complexity index is 574. The number of nitrogens with zero attached hydrogens (tertiary/aromatic N) is 1. The molecule has 23 heavy (non-hydrogen) atoms. The molecule has 0 bridgehead atoms. The Balaban J connectivity index is 3.34. The highest BCUT2D eigenvalue weighted by Crippen LogP contribution is 2.66. The molecule has 1 atom stereocenters. The zero-order valence-corrected chi connectivity index (χ0v) is 14.2. The summed E-state index contributed by atoms with van der Waals surface area (Å²) in [5.74, 6) is -1.97. The molecule has 0 heterocycles. The van der Waals surface area contributed by atoms with Crippen LogP contribution in [-0.2, 0) is 13.6 Å². The standard InChI is InChI=1S/C13H17ClF2NO5P/c1-3-21-23(20,22-4-2)13(15,16)12(9-17(18)19)10-5-7-11(14)8-6-10/h5-8,12H,3-4,9H2,1-2H3. The van der Waals surface area contributed by atoms with Crippen LogP contribution in [-0.4, -0.2) is 30.3 Å². The van der Waals surface area contributed by atoms with Crippen molar-refractivity contribution >= 4 is 19.2 Å². The predicted molar refractivity (Wildman–Crippen MR) is 81.9 cm³/mol. The molecule has 0 spiro atoms. The monoisotopic (exact) mass is 371 g/mol. The first-order chi connectivity index (χ1) is 10.7. The highest BCUT2D eigenvalue weighted by Gasteiger charge is 2.60. The second kappa shape index (κ2) is 8.15. The van der Waals surface area contributed by atoms with Crippen molar-refractivity contribution in [3.8, 4) is 0 Å². The van der Waals surface area contributed by atoms with Gasteiger partial charge < -0.3 is 9.05 Å². The highest BCUT2D eigenvalue weighted by atomic mass is 35.5. The van der Waals surface area contributed by atoms with Crippen molar-refractivity contribution in [2.75, 3.05) is 19.8 Å². The fourth-order valence-corrected chi connectivity index (χ4v) is 3.84. The van der Waals surface area contributed by atoms with Crippen molar-refractivity contribution in [1.82, 2.24) is 0 Å². The molecule has 1 rings (SSSR count). The van der Waals surface area contributed by atoms with Crippen molar-refractivity contribution in [3.63, 3.8) is 0 Å². The third-order valence-electron chi connectivity index (χ3n) is 2.99. The van der Waals surface area contributed by atoms with Gasteiger partial charge in [0.15, 0.2) is 0 Å². The maximum absolute atomic E-state index is 14.8. The maximum Gasteiger partial charge on any atom is 0.400 e. The van der Waals surface area contributed by atoms with E-state index in [0.717, 1.165) is 0 Å². The first-order valence-corrected chi connectivity index (χ1v) is 8.74. The van der Waals surface area contributed by atoms with Gasteiger partial charge in [-0.3, -0.25) is 14.7 Å². The van der Waals surface area contributed by atoms with Crippen molar-refractivity contribution in [2.24, 2.45) is 0 Å². The van der Waals surface area contributed by atoms with E-state index in [0.29, 0.717) is 0 Å². The zero-order chi connectivity index (χ0) is 17.7. The lowest BCUT2D eigenvalue weighted by Crippen LogP contribution is -2.33. The Morgan fingerprint density at radius 3 is 2.13 bits per heavy atom. The second-order valence-electron chi connectivity index (χ2n) is 4.54. The summed E-state index contributed by atoms with van der Waals surface area (Å²) in [5, 5.41) is 11.1. The highest BCUT2D eigenvalue weighted by molar-refractivity contribution is 7.55. The summed E-state index contributed by atoms with van der Waals surface area (Å²) < 4.78 is 51.4. The molecular weight excluding hydrogens is 355 g/mol. The van der Waals surface area contributed by atoms with E-state index >= 15 is 0 Å². The minimum absolute atomic E-state index is 0.0734. The topological polar surface area (TPSA) is 78.7 Å². The van der Waals surface area contributed by atoms with Crippen LogP contribution in [0.2, 0.25) is 5.02 Å². The van der Waals surface area contributed by atoms with Crippen LogP contribution in [0.15, 0.2) is 24.3 Å². The quantitative estimate of drug-likeness (QED) is 0.361. The van der Waals surface area contributed by atoms with Crippen molar-refractivity contribution in [2.45, 2.75) is 25.4 Å². The van der Waals surface area contributed by atoms with Gasteiger partial charge in [0, 0.05) is 9.95 Å². The van der Waals surface area contributed by atoms with E-state index in [2.05, 4.69) is 9.05 Å². The molecule has 1 unspecified atom stereocenters. The van der Waals surface area contributed by atoms with E-state index in [1.165, 1.54) is 38.1 Å². The second-order valence-corrected chi connectivity index (χ2v) is 7.08. The Hall–Kier alpha value is -1.08. The van der Waals surface area contributed by atoms with Crippen LogP contribution < -0.4 is 0 Å². The lowest BCUT2D eigenvalue weighted by Gasteiger charge is -2.30. The predicted octanol–water partition coefficient (Wildman–Crippen LogP) is 4.56. The summed E-state index contributed by atoms with van der Waals surface area (Å²) in [5.41, 5.74) is -4.14. The summed E-state index contributed by atoms with van der Waals surface area (Å²) in [6, 6.07) is 5.11. The number of nitro groups is 1. The summed E-state index contributed by atoms with van der Waals surface area (Å²) in [7, 11) is -4.88. The lowest BCUT2D eigenvalue weighted by molar-refractivity contribution is -0.487. The van der Waals surface area contributed by atoms with Gasteiger partial charge in [0.25, 0.3) is 0 Å². The van der Waals surface area contributed by atoms with E-state index in [-0.39, 0.29) is 23.8 Å². The summed E-state index contributed by atoms with van der Waals surface area (Å²) >= 11 is 5.70. The third kappa shape index (κ3) is 4.70. The molecule has 10 heteroatoms. The molecule has 1 aromatic rings. The SMILES string of the molecule is CCOP(=O)(OCC)C(F)(F)C(C[N+](=O)[O-])c1ccc(Cl)cc1. The van der Waals surface area contributed by atoms with Gasteiger partial charge in [-0.1, -0.05) is 23.7 Å². The number of halogens is 3. The molecule has 0 aliphatic rings. The maximum atomic E-state index is 14.8. The van der Waals surface area contributed by atoms with Crippen LogP contribution in [0.5, 0.6) is 0 Å². The van der Waals surface area contributed by atoms with Gasteiger partial charge >= 0.3 is 13.3 Å². The zero-order valence-electron chi connectivity index (χ0n) is 12.6. The normalized spacial score (nSPS) is 13.8. The Morgan fingerprint density at radius 2 is 1.74 bits per heavy atom. The average molecular weight is 372 g/mol. The van der Waals surface area contributed by atoms with E-state index in [1.54, 1.807) is 0 Å². The molecule has 0 aromatic heterocycles. The van der Waals surface area contributed by atoms with Gasteiger partial charge in [-0.2, -0.15) is 8.78 Å². The van der Waals surface area contributed by atoms with Crippen LogP contribution in [0.25, 0.3) is 0 Å². The third-order valence-corrected chi connectivity index (χ3v) is 5.48. The molecule has 130 valence electrons. The molecule has 0 saturated heterocycles. The minimum atomic E-state index is -4.88. The molecule has 6 nitrogen and oxygen atoms in total. The smallest absolute Gasteiger partial charge is 0.305 e. The first kappa shape index (κ1) is 20.0. The number of rotatable bonds is 9. The molecule has 0 aliphatic carbocycles. The number of alkyl halides is 2. The summed E-state index contributed by atoms with van der Waals surface area (Å²) in [6.07, 6.45) is 0.